The van der Waals surface area contributed by atoms with Gasteiger partial charge in [0.2, 0.25) is 0 Å². The van der Waals surface area contributed by atoms with Crippen LogP contribution < -0.4 is 11.5 Å². The van der Waals surface area contributed by atoms with Crippen molar-refractivity contribution in [3.05, 3.63) is 35.4 Å². The maximum Gasteiger partial charge on any atom is 0.0966 e. The van der Waals surface area contributed by atoms with Crippen molar-refractivity contribution in [2.75, 3.05) is 0 Å². The molecule has 4 nitrogen and oxygen atoms in total. The number of hydrogen-bond donors (Lipinski definition) is 4. The first-order valence-electron chi connectivity index (χ1n) is 6.81. The molecule has 20 heavy (non-hydrogen) atoms. The van der Waals surface area contributed by atoms with Crippen molar-refractivity contribution in [1.29, 1.82) is 10.8 Å². The van der Waals surface area contributed by atoms with E-state index < -0.39 is 0 Å². The molecule has 0 saturated heterocycles. The Balaban J connectivity index is 2.92. The zero-order valence-corrected chi connectivity index (χ0v) is 12.9. The largest absolute Gasteiger partial charge is 0.387 e. The van der Waals surface area contributed by atoms with E-state index in [2.05, 4.69) is 18.2 Å². The molecule has 0 amide bonds. The third kappa shape index (κ3) is 4.08. The summed E-state index contributed by atoms with van der Waals surface area (Å²) in [5, 5.41) is 15.3. The van der Waals surface area contributed by atoms with E-state index in [-0.39, 0.29) is 22.5 Å². The second kappa shape index (κ2) is 5.65. The standard InChI is InChI=1S/C16H26N4/c1-15(2,13(17)18)9-11-6-5-7-12(8-11)10-16(3,4)14(19)20/h5-8H,9-10H2,1-4H3,(H3,17,18)(H3,19,20). The summed E-state index contributed by atoms with van der Waals surface area (Å²) in [5.41, 5.74) is 12.9. The van der Waals surface area contributed by atoms with Gasteiger partial charge in [0.1, 0.15) is 0 Å². The van der Waals surface area contributed by atoms with Gasteiger partial charge in [-0.15, -0.1) is 0 Å². The predicted octanol–water partition coefficient (Wildman–Crippen LogP) is 2.70. The van der Waals surface area contributed by atoms with Crippen molar-refractivity contribution < 1.29 is 0 Å². The van der Waals surface area contributed by atoms with Crippen molar-refractivity contribution in [1.82, 2.24) is 0 Å². The van der Waals surface area contributed by atoms with E-state index in [0.29, 0.717) is 0 Å². The molecule has 0 fully saturated rings. The summed E-state index contributed by atoms with van der Waals surface area (Å²) in [5.74, 6) is 0.402. The van der Waals surface area contributed by atoms with Crippen molar-refractivity contribution in [2.45, 2.75) is 40.5 Å². The van der Waals surface area contributed by atoms with Gasteiger partial charge < -0.3 is 11.5 Å². The summed E-state index contributed by atoms with van der Waals surface area (Å²) in [6.07, 6.45) is 1.47. The van der Waals surface area contributed by atoms with Crippen LogP contribution in [0.1, 0.15) is 38.8 Å². The van der Waals surface area contributed by atoms with Gasteiger partial charge in [-0.25, -0.2) is 0 Å². The highest BCUT2D eigenvalue weighted by Gasteiger charge is 2.24. The zero-order chi connectivity index (χ0) is 15.6. The van der Waals surface area contributed by atoms with Crippen molar-refractivity contribution >= 4 is 11.7 Å². The molecule has 1 aromatic carbocycles. The molecule has 0 radical (unpaired) electrons. The molecule has 0 aliphatic rings. The van der Waals surface area contributed by atoms with Crippen molar-refractivity contribution in [3.8, 4) is 0 Å². The molecule has 0 saturated carbocycles. The molecule has 4 heteroatoms. The molecule has 0 spiro atoms. The predicted molar refractivity (Wildman–Crippen MR) is 85.2 cm³/mol. The van der Waals surface area contributed by atoms with E-state index in [4.69, 9.17) is 22.3 Å². The lowest BCUT2D eigenvalue weighted by Crippen LogP contribution is -2.33. The number of nitrogens with two attached hydrogens (primary N) is 2. The maximum absolute atomic E-state index is 7.63. The van der Waals surface area contributed by atoms with Gasteiger partial charge >= 0.3 is 0 Å². The molecule has 0 atom stereocenters. The van der Waals surface area contributed by atoms with Gasteiger partial charge in [-0.3, -0.25) is 10.8 Å². The number of nitrogens with one attached hydrogen (secondary N) is 2. The van der Waals surface area contributed by atoms with E-state index in [1.165, 1.54) is 0 Å². The second-order valence-corrected chi connectivity index (χ2v) is 6.77. The Kier molecular flexibility index (Phi) is 4.58. The van der Waals surface area contributed by atoms with Crippen LogP contribution >= 0.6 is 0 Å². The topological polar surface area (TPSA) is 99.7 Å². The first kappa shape index (κ1) is 16.2. The third-order valence-electron chi connectivity index (χ3n) is 3.74. The van der Waals surface area contributed by atoms with Crippen molar-refractivity contribution in [2.24, 2.45) is 22.3 Å². The van der Waals surface area contributed by atoms with Gasteiger partial charge in [-0.05, 0) is 24.0 Å². The van der Waals surface area contributed by atoms with Gasteiger partial charge in [0.25, 0.3) is 0 Å². The van der Waals surface area contributed by atoms with Crippen LogP contribution in [0, 0.1) is 21.6 Å². The van der Waals surface area contributed by atoms with E-state index >= 15 is 0 Å². The Morgan fingerprint density at radius 2 is 1.25 bits per heavy atom. The van der Waals surface area contributed by atoms with Gasteiger partial charge in [0.15, 0.2) is 0 Å². The molecule has 0 aliphatic carbocycles. The minimum absolute atomic E-state index is 0.201. The van der Waals surface area contributed by atoms with Crippen LogP contribution in [0.2, 0.25) is 0 Å². The maximum atomic E-state index is 7.63. The highest BCUT2D eigenvalue weighted by molar-refractivity contribution is 5.83. The highest BCUT2D eigenvalue weighted by atomic mass is 14.7. The average Bonchev–Trinajstić information content (AvgIpc) is 2.27. The van der Waals surface area contributed by atoms with E-state index in [0.717, 1.165) is 24.0 Å². The van der Waals surface area contributed by atoms with Crippen molar-refractivity contribution in [3.63, 3.8) is 0 Å². The van der Waals surface area contributed by atoms with Crippen LogP contribution in [0.15, 0.2) is 24.3 Å². The molecule has 1 aromatic rings. The van der Waals surface area contributed by atoms with E-state index in [9.17, 15) is 0 Å². The number of hydrogen-bond acceptors (Lipinski definition) is 2. The minimum Gasteiger partial charge on any atom is -0.387 e. The fourth-order valence-corrected chi connectivity index (χ4v) is 2.06. The Morgan fingerprint density at radius 3 is 1.55 bits per heavy atom. The van der Waals surface area contributed by atoms with Crippen LogP contribution in [-0.2, 0) is 12.8 Å². The average molecular weight is 274 g/mol. The van der Waals surface area contributed by atoms with Crippen LogP contribution in [-0.4, -0.2) is 11.7 Å². The molecule has 110 valence electrons. The molecule has 0 unspecified atom stereocenters. The number of amidine groups is 2. The van der Waals surface area contributed by atoms with E-state index in [1.54, 1.807) is 0 Å². The Bertz CT molecular complexity index is 472. The first-order valence-corrected chi connectivity index (χ1v) is 6.81. The fourth-order valence-electron chi connectivity index (χ4n) is 2.06. The zero-order valence-electron chi connectivity index (χ0n) is 12.9. The monoisotopic (exact) mass is 274 g/mol. The van der Waals surface area contributed by atoms with Gasteiger partial charge in [-0.1, -0.05) is 52.0 Å². The van der Waals surface area contributed by atoms with Crippen LogP contribution in [0.25, 0.3) is 0 Å². The van der Waals surface area contributed by atoms with Crippen LogP contribution in [0.3, 0.4) is 0 Å². The van der Waals surface area contributed by atoms with Crippen LogP contribution in [0.4, 0.5) is 0 Å². The quantitative estimate of drug-likeness (QED) is 0.473. The summed E-state index contributed by atoms with van der Waals surface area (Å²) < 4.78 is 0. The number of benzene rings is 1. The number of rotatable bonds is 6. The third-order valence-corrected chi connectivity index (χ3v) is 3.74. The normalized spacial score (nSPS) is 12.2. The van der Waals surface area contributed by atoms with Gasteiger partial charge in [0, 0.05) is 10.8 Å². The molecule has 0 bridgehead atoms. The Labute approximate surface area is 121 Å². The lowest BCUT2D eigenvalue weighted by molar-refractivity contribution is 0.504. The summed E-state index contributed by atoms with van der Waals surface area (Å²) in [4.78, 5) is 0. The molecule has 0 aromatic heterocycles. The summed E-state index contributed by atoms with van der Waals surface area (Å²) in [7, 11) is 0. The SMILES string of the molecule is CC(C)(Cc1cccc(CC(C)(C)C(=N)N)c1)C(=N)N. The van der Waals surface area contributed by atoms with Gasteiger partial charge in [0.05, 0.1) is 11.7 Å². The summed E-state index contributed by atoms with van der Waals surface area (Å²) in [6.45, 7) is 7.89. The van der Waals surface area contributed by atoms with Gasteiger partial charge in [-0.2, -0.15) is 0 Å². The summed E-state index contributed by atoms with van der Waals surface area (Å²) in [6, 6.07) is 8.23. The summed E-state index contributed by atoms with van der Waals surface area (Å²) >= 11 is 0. The van der Waals surface area contributed by atoms with Crippen LogP contribution in [0.5, 0.6) is 0 Å². The first-order chi connectivity index (χ1) is 9.04. The lowest BCUT2D eigenvalue weighted by Gasteiger charge is -2.25. The molecule has 0 aliphatic heterocycles. The molecule has 0 heterocycles. The molecular formula is C16H26N4. The second-order valence-electron chi connectivity index (χ2n) is 6.77. The molecular weight excluding hydrogens is 248 g/mol. The molecule has 6 N–H and O–H groups in total. The molecule has 1 rings (SSSR count). The Hall–Kier alpha value is -1.84. The smallest absolute Gasteiger partial charge is 0.0966 e. The Morgan fingerprint density at radius 1 is 0.900 bits per heavy atom. The lowest BCUT2D eigenvalue weighted by atomic mass is 9.82. The minimum atomic E-state index is -0.339. The highest BCUT2D eigenvalue weighted by Crippen LogP contribution is 2.25. The van der Waals surface area contributed by atoms with E-state index in [1.807, 2.05) is 33.8 Å². The fraction of sp³-hybridized carbons (Fsp3) is 0.500.